The molecular formula is C18H26N2O4S. The van der Waals surface area contributed by atoms with Crippen LogP contribution in [0.3, 0.4) is 0 Å². The molecule has 1 aromatic rings. The number of hydrogen-bond acceptors (Lipinski definition) is 4. The predicted octanol–water partition coefficient (Wildman–Crippen LogP) is 1.57. The molecule has 2 fully saturated rings. The van der Waals surface area contributed by atoms with E-state index in [4.69, 9.17) is 5.14 Å². The van der Waals surface area contributed by atoms with Crippen LogP contribution in [0.4, 0.5) is 0 Å². The predicted molar refractivity (Wildman–Crippen MR) is 94.6 cm³/mol. The van der Waals surface area contributed by atoms with Crippen molar-refractivity contribution >= 4 is 15.9 Å². The van der Waals surface area contributed by atoms with Crippen molar-refractivity contribution in [2.45, 2.75) is 56.6 Å². The summed E-state index contributed by atoms with van der Waals surface area (Å²) in [5, 5.41) is 15.1. The fraction of sp³-hybridized carbons (Fsp3) is 0.611. The van der Waals surface area contributed by atoms with Gasteiger partial charge in [-0.05, 0) is 74.6 Å². The summed E-state index contributed by atoms with van der Waals surface area (Å²) in [4.78, 5) is 14.6. The van der Waals surface area contributed by atoms with E-state index in [1.165, 1.54) is 6.07 Å². The number of nitrogens with two attached hydrogens (primary N) is 1. The Hall–Kier alpha value is -1.44. The van der Waals surface area contributed by atoms with Gasteiger partial charge in [-0.25, -0.2) is 13.6 Å². The van der Waals surface area contributed by atoms with Crippen molar-refractivity contribution in [3.63, 3.8) is 0 Å². The molecule has 0 bridgehead atoms. The first-order valence-corrected chi connectivity index (χ1v) is 10.2. The van der Waals surface area contributed by atoms with Gasteiger partial charge in [0.2, 0.25) is 10.0 Å². The molecule has 2 aliphatic carbocycles. The Kier molecular flexibility index (Phi) is 4.68. The quantitative estimate of drug-likeness (QED) is 0.848. The molecule has 0 heterocycles. The van der Waals surface area contributed by atoms with Crippen molar-refractivity contribution in [2.75, 3.05) is 7.05 Å². The molecule has 0 radical (unpaired) electrons. The molecule has 3 rings (SSSR count). The number of aliphatic hydroxyl groups excluding tert-OH is 1. The second-order valence-electron chi connectivity index (χ2n) is 7.65. The molecule has 6 nitrogen and oxygen atoms in total. The summed E-state index contributed by atoms with van der Waals surface area (Å²) >= 11 is 0. The molecule has 0 spiro atoms. The second kappa shape index (κ2) is 6.37. The molecule has 138 valence electrons. The van der Waals surface area contributed by atoms with E-state index in [0.717, 1.165) is 31.2 Å². The van der Waals surface area contributed by atoms with Crippen LogP contribution in [0.2, 0.25) is 0 Å². The van der Waals surface area contributed by atoms with Crippen molar-refractivity contribution in [2.24, 2.45) is 17.0 Å². The van der Waals surface area contributed by atoms with Crippen LogP contribution in [-0.2, 0) is 10.0 Å². The van der Waals surface area contributed by atoms with Crippen molar-refractivity contribution in [3.8, 4) is 0 Å². The minimum atomic E-state index is -3.87. The largest absolute Gasteiger partial charge is 0.393 e. The number of hydrogen-bond donors (Lipinski definition) is 2. The third kappa shape index (κ3) is 3.45. The summed E-state index contributed by atoms with van der Waals surface area (Å²) in [6.45, 7) is 3.47. The van der Waals surface area contributed by atoms with Gasteiger partial charge in [-0.2, -0.15) is 0 Å². The van der Waals surface area contributed by atoms with E-state index in [0.29, 0.717) is 23.0 Å². The maximum Gasteiger partial charge on any atom is 0.253 e. The Morgan fingerprint density at radius 2 is 1.72 bits per heavy atom. The van der Waals surface area contributed by atoms with E-state index in [9.17, 15) is 18.3 Å². The summed E-state index contributed by atoms with van der Waals surface area (Å²) in [7, 11) is -2.10. The lowest BCUT2D eigenvalue weighted by Crippen LogP contribution is -2.36. The zero-order chi connectivity index (χ0) is 18.5. The monoisotopic (exact) mass is 366 g/mol. The number of carbonyl (C=O) groups excluding carboxylic acids is 1. The fourth-order valence-corrected chi connectivity index (χ4v) is 5.36. The van der Waals surface area contributed by atoms with Crippen LogP contribution in [0.25, 0.3) is 0 Å². The highest BCUT2D eigenvalue weighted by atomic mass is 32.2. The SMILES string of the molecule is Cc1cc(C(=O)N(C)C2C[C@H]3CC(O)C[C@H]3C2)cc(S(N)(=O)=O)c1C. The second-order valence-corrected chi connectivity index (χ2v) is 9.18. The maximum absolute atomic E-state index is 12.9. The number of fused-ring (bicyclic) bond motifs is 1. The third-order valence-corrected chi connectivity index (χ3v) is 7.04. The summed E-state index contributed by atoms with van der Waals surface area (Å²) in [5.74, 6) is 0.781. The smallest absolute Gasteiger partial charge is 0.253 e. The highest BCUT2D eigenvalue weighted by Gasteiger charge is 2.43. The number of amides is 1. The van der Waals surface area contributed by atoms with Gasteiger partial charge in [-0.1, -0.05) is 0 Å². The zero-order valence-electron chi connectivity index (χ0n) is 14.9. The number of sulfonamides is 1. The first-order valence-electron chi connectivity index (χ1n) is 8.67. The van der Waals surface area contributed by atoms with Crippen LogP contribution in [0.1, 0.15) is 47.2 Å². The van der Waals surface area contributed by atoms with E-state index >= 15 is 0 Å². The first kappa shape index (κ1) is 18.4. The summed E-state index contributed by atoms with van der Waals surface area (Å²) in [6.07, 6.45) is 3.24. The van der Waals surface area contributed by atoms with Crippen molar-refractivity contribution in [1.29, 1.82) is 0 Å². The molecule has 4 atom stereocenters. The van der Waals surface area contributed by atoms with Crippen molar-refractivity contribution in [1.82, 2.24) is 4.90 Å². The molecule has 1 aromatic carbocycles. The Morgan fingerprint density at radius 3 is 2.24 bits per heavy atom. The van der Waals surface area contributed by atoms with Crippen LogP contribution in [-0.4, -0.2) is 43.5 Å². The van der Waals surface area contributed by atoms with Gasteiger partial charge in [-0.15, -0.1) is 0 Å². The molecule has 0 saturated heterocycles. The maximum atomic E-state index is 12.9. The van der Waals surface area contributed by atoms with Gasteiger partial charge in [0.15, 0.2) is 0 Å². The number of benzene rings is 1. The Balaban J connectivity index is 1.83. The van der Waals surface area contributed by atoms with Crippen molar-refractivity contribution < 1.29 is 18.3 Å². The highest BCUT2D eigenvalue weighted by Crippen LogP contribution is 2.45. The zero-order valence-corrected chi connectivity index (χ0v) is 15.7. The van der Waals surface area contributed by atoms with Gasteiger partial charge in [0, 0.05) is 18.7 Å². The highest BCUT2D eigenvalue weighted by molar-refractivity contribution is 7.89. The molecule has 2 saturated carbocycles. The Labute approximate surface area is 149 Å². The normalized spacial score (nSPS) is 28.8. The van der Waals surface area contributed by atoms with Crippen LogP contribution < -0.4 is 5.14 Å². The van der Waals surface area contributed by atoms with Crippen LogP contribution in [0.5, 0.6) is 0 Å². The van der Waals surface area contributed by atoms with Gasteiger partial charge in [-0.3, -0.25) is 4.79 Å². The van der Waals surface area contributed by atoms with Crippen molar-refractivity contribution in [3.05, 3.63) is 28.8 Å². The van der Waals surface area contributed by atoms with E-state index < -0.39 is 10.0 Å². The van der Waals surface area contributed by atoms with E-state index in [-0.39, 0.29) is 22.9 Å². The lowest BCUT2D eigenvalue weighted by Gasteiger charge is -2.26. The van der Waals surface area contributed by atoms with Gasteiger partial charge in [0.1, 0.15) is 0 Å². The topological polar surface area (TPSA) is 101 Å². The lowest BCUT2D eigenvalue weighted by molar-refractivity contribution is 0.0722. The molecule has 2 unspecified atom stereocenters. The van der Waals surface area contributed by atoms with Crippen LogP contribution in [0, 0.1) is 25.7 Å². The fourth-order valence-electron chi connectivity index (χ4n) is 4.48. The molecule has 7 heteroatoms. The minimum absolute atomic E-state index is 0.00987. The minimum Gasteiger partial charge on any atom is -0.393 e. The number of aliphatic hydroxyl groups is 1. The van der Waals surface area contributed by atoms with Gasteiger partial charge in [0.05, 0.1) is 11.0 Å². The molecular weight excluding hydrogens is 340 g/mol. The summed E-state index contributed by atoms with van der Waals surface area (Å²) in [5.41, 5.74) is 1.66. The number of carbonyl (C=O) groups is 1. The lowest BCUT2D eigenvalue weighted by atomic mass is 10.0. The molecule has 0 aliphatic heterocycles. The Bertz CT molecular complexity index is 792. The average Bonchev–Trinajstić information content (AvgIpc) is 3.04. The molecule has 3 N–H and O–H groups in total. The number of nitrogens with zero attached hydrogens (tertiary/aromatic N) is 1. The summed E-state index contributed by atoms with van der Waals surface area (Å²) in [6, 6.07) is 3.24. The summed E-state index contributed by atoms with van der Waals surface area (Å²) < 4.78 is 23.6. The molecule has 1 amide bonds. The van der Waals surface area contributed by atoms with Gasteiger partial charge in [0.25, 0.3) is 5.91 Å². The third-order valence-electron chi connectivity index (χ3n) is 6.01. The standard InChI is InChI=1S/C18H26N2O4S/c1-10-4-14(9-17(11(10)2)25(19,23)24)18(22)20(3)15-5-12-7-16(21)8-13(12)6-15/h4,9,12-13,15-16,21H,5-8H2,1-3H3,(H2,19,23,24)/t12-,13+,15?,16?. The number of primary sulfonamides is 1. The van der Waals surface area contributed by atoms with Crippen LogP contribution >= 0.6 is 0 Å². The van der Waals surface area contributed by atoms with E-state index in [2.05, 4.69) is 0 Å². The van der Waals surface area contributed by atoms with E-state index in [1.54, 1.807) is 31.9 Å². The number of rotatable bonds is 3. The Morgan fingerprint density at radius 1 is 1.16 bits per heavy atom. The van der Waals surface area contributed by atoms with E-state index in [1.807, 2.05) is 0 Å². The van der Waals surface area contributed by atoms with Crippen LogP contribution in [0.15, 0.2) is 17.0 Å². The van der Waals surface area contributed by atoms with Gasteiger partial charge >= 0.3 is 0 Å². The molecule has 0 aromatic heterocycles. The average molecular weight is 366 g/mol. The van der Waals surface area contributed by atoms with Gasteiger partial charge < -0.3 is 10.0 Å². The molecule has 2 aliphatic rings. The first-order chi connectivity index (χ1) is 11.6. The number of aryl methyl sites for hydroxylation is 1. The molecule has 25 heavy (non-hydrogen) atoms.